The van der Waals surface area contributed by atoms with Crippen LogP contribution in [0.2, 0.25) is 0 Å². The number of hydrogen-bond acceptors (Lipinski definition) is 2. The van der Waals surface area contributed by atoms with Gasteiger partial charge in [-0.1, -0.05) is 6.92 Å². The fraction of sp³-hybridized carbons (Fsp3) is 0.909. The molecule has 0 aromatic carbocycles. The Kier molecular flexibility index (Phi) is 4.88. The van der Waals surface area contributed by atoms with Crippen molar-refractivity contribution in [2.45, 2.75) is 51.1 Å². The summed E-state index contributed by atoms with van der Waals surface area (Å²) in [5, 5.41) is 2.71. The lowest BCUT2D eigenvalue weighted by Crippen LogP contribution is -2.48. The standard InChI is InChI=1S/C11H23N3O/c1-3-8-14(11(15)13-2)10-6-4-9(12)5-7-10/h9-10H,3-8,12H2,1-2H3,(H,13,15). The minimum absolute atomic E-state index is 0.0531. The molecule has 88 valence electrons. The van der Waals surface area contributed by atoms with Crippen molar-refractivity contribution >= 4 is 6.03 Å². The predicted octanol–water partition coefficient (Wildman–Crippen LogP) is 1.31. The second-order valence-corrected chi connectivity index (χ2v) is 4.32. The van der Waals surface area contributed by atoms with Gasteiger partial charge >= 0.3 is 6.03 Å². The molecule has 0 heterocycles. The van der Waals surface area contributed by atoms with Crippen LogP contribution in [0, 0.1) is 0 Å². The van der Waals surface area contributed by atoms with Gasteiger partial charge < -0.3 is 16.0 Å². The van der Waals surface area contributed by atoms with E-state index in [-0.39, 0.29) is 6.03 Å². The molecule has 2 amide bonds. The van der Waals surface area contributed by atoms with Crippen molar-refractivity contribution in [1.29, 1.82) is 0 Å². The molecule has 0 saturated heterocycles. The lowest BCUT2D eigenvalue weighted by atomic mass is 9.91. The molecular weight excluding hydrogens is 190 g/mol. The third kappa shape index (κ3) is 3.38. The molecule has 0 aromatic heterocycles. The first-order chi connectivity index (χ1) is 7.19. The van der Waals surface area contributed by atoms with Gasteiger partial charge in [0, 0.05) is 25.7 Å². The van der Waals surface area contributed by atoms with Gasteiger partial charge in [0.1, 0.15) is 0 Å². The van der Waals surface area contributed by atoms with E-state index in [4.69, 9.17) is 5.73 Å². The number of rotatable bonds is 3. The third-order valence-corrected chi connectivity index (χ3v) is 3.12. The maximum atomic E-state index is 11.7. The highest BCUT2D eigenvalue weighted by Crippen LogP contribution is 2.22. The van der Waals surface area contributed by atoms with Crippen molar-refractivity contribution in [2.24, 2.45) is 5.73 Å². The number of carbonyl (C=O) groups excluding carboxylic acids is 1. The molecule has 3 N–H and O–H groups in total. The lowest BCUT2D eigenvalue weighted by molar-refractivity contribution is 0.153. The van der Waals surface area contributed by atoms with Crippen LogP contribution < -0.4 is 11.1 Å². The van der Waals surface area contributed by atoms with E-state index in [9.17, 15) is 4.79 Å². The van der Waals surface area contributed by atoms with E-state index in [1.807, 2.05) is 4.90 Å². The molecule has 1 aliphatic rings. The summed E-state index contributed by atoms with van der Waals surface area (Å²) in [4.78, 5) is 13.6. The average Bonchev–Trinajstić information content (AvgIpc) is 2.26. The van der Waals surface area contributed by atoms with Gasteiger partial charge in [-0.15, -0.1) is 0 Å². The maximum Gasteiger partial charge on any atom is 0.317 e. The van der Waals surface area contributed by atoms with E-state index in [0.717, 1.165) is 38.6 Å². The molecule has 1 fully saturated rings. The Morgan fingerprint density at radius 1 is 1.40 bits per heavy atom. The molecule has 4 nitrogen and oxygen atoms in total. The topological polar surface area (TPSA) is 58.4 Å². The number of carbonyl (C=O) groups is 1. The first-order valence-electron chi connectivity index (χ1n) is 5.93. The van der Waals surface area contributed by atoms with Gasteiger partial charge in [0.2, 0.25) is 0 Å². The first-order valence-corrected chi connectivity index (χ1v) is 5.93. The Morgan fingerprint density at radius 3 is 2.47 bits per heavy atom. The summed E-state index contributed by atoms with van der Waals surface area (Å²) in [5.41, 5.74) is 5.86. The smallest absolute Gasteiger partial charge is 0.317 e. The molecule has 0 unspecified atom stereocenters. The molecule has 0 spiro atoms. The highest BCUT2D eigenvalue weighted by molar-refractivity contribution is 5.74. The normalized spacial score (nSPS) is 26.1. The Bertz CT molecular complexity index is 200. The van der Waals surface area contributed by atoms with E-state index in [1.54, 1.807) is 7.05 Å². The summed E-state index contributed by atoms with van der Waals surface area (Å²) in [7, 11) is 1.69. The summed E-state index contributed by atoms with van der Waals surface area (Å²) >= 11 is 0. The second kappa shape index (κ2) is 5.95. The number of nitrogens with zero attached hydrogens (tertiary/aromatic N) is 1. The van der Waals surface area contributed by atoms with Crippen LogP contribution in [0.3, 0.4) is 0 Å². The maximum absolute atomic E-state index is 11.7. The van der Waals surface area contributed by atoms with Crippen LogP contribution in [0.15, 0.2) is 0 Å². The van der Waals surface area contributed by atoms with Gasteiger partial charge in [-0.2, -0.15) is 0 Å². The third-order valence-electron chi connectivity index (χ3n) is 3.12. The first kappa shape index (κ1) is 12.3. The number of urea groups is 1. The summed E-state index contributed by atoms with van der Waals surface area (Å²) in [6.07, 6.45) is 5.20. The van der Waals surface area contributed by atoms with E-state index >= 15 is 0 Å². The molecule has 0 aromatic rings. The van der Waals surface area contributed by atoms with E-state index in [1.165, 1.54) is 0 Å². The van der Waals surface area contributed by atoms with Crippen molar-refractivity contribution in [3.63, 3.8) is 0 Å². The molecule has 15 heavy (non-hydrogen) atoms. The van der Waals surface area contributed by atoms with Crippen molar-refractivity contribution in [1.82, 2.24) is 10.2 Å². The minimum Gasteiger partial charge on any atom is -0.341 e. The van der Waals surface area contributed by atoms with E-state index < -0.39 is 0 Å². The van der Waals surface area contributed by atoms with Gasteiger partial charge in [0.25, 0.3) is 0 Å². The lowest BCUT2D eigenvalue weighted by Gasteiger charge is -2.35. The quantitative estimate of drug-likeness (QED) is 0.742. The fourth-order valence-electron chi connectivity index (χ4n) is 2.25. The highest BCUT2D eigenvalue weighted by Gasteiger charge is 2.26. The molecule has 1 aliphatic carbocycles. The molecule has 0 aliphatic heterocycles. The highest BCUT2D eigenvalue weighted by atomic mass is 16.2. The van der Waals surface area contributed by atoms with Crippen molar-refractivity contribution in [2.75, 3.05) is 13.6 Å². The molecule has 0 radical (unpaired) electrons. The second-order valence-electron chi connectivity index (χ2n) is 4.32. The van der Waals surface area contributed by atoms with Crippen LogP contribution in [0.5, 0.6) is 0 Å². The largest absolute Gasteiger partial charge is 0.341 e. The summed E-state index contributed by atoms with van der Waals surface area (Å²) in [5.74, 6) is 0. The zero-order valence-electron chi connectivity index (χ0n) is 9.83. The number of nitrogens with one attached hydrogen (secondary N) is 1. The Labute approximate surface area is 92.2 Å². The van der Waals surface area contributed by atoms with Crippen LogP contribution in [0.25, 0.3) is 0 Å². The Balaban J connectivity index is 2.51. The van der Waals surface area contributed by atoms with E-state index in [2.05, 4.69) is 12.2 Å². The predicted molar refractivity (Wildman–Crippen MR) is 61.7 cm³/mol. The van der Waals surface area contributed by atoms with Crippen molar-refractivity contribution < 1.29 is 4.79 Å². The van der Waals surface area contributed by atoms with Crippen LogP contribution >= 0.6 is 0 Å². The van der Waals surface area contributed by atoms with Crippen LogP contribution in [-0.4, -0.2) is 36.6 Å². The van der Waals surface area contributed by atoms with Gasteiger partial charge in [0.05, 0.1) is 0 Å². The van der Waals surface area contributed by atoms with Crippen molar-refractivity contribution in [3.8, 4) is 0 Å². The van der Waals surface area contributed by atoms with E-state index in [0.29, 0.717) is 12.1 Å². The zero-order chi connectivity index (χ0) is 11.3. The van der Waals surface area contributed by atoms with Crippen LogP contribution in [-0.2, 0) is 0 Å². The molecule has 0 atom stereocenters. The molecule has 1 rings (SSSR count). The summed E-state index contributed by atoms with van der Waals surface area (Å²) < 4.78 is 0. The summed E-state index contributed by atoms with van der Waals surface area (Å²) in [6.45, 7) is 2.95. The van der Waals surface area contributed by atoms with Gasteiger partial charge in [-0.05, 0) is 32.1 Å². The van der Waals surface area contributed by atoms with Gasteiger partial charge in [-0.3, -0.25) is 0 Å². The molecule has 1 saturated carbocycles. The Hall–Kier alpha value is -0.770. The van der Waals surface area contributed by atoms with Gasteiger partial charge in [-0.25, -0.2) is 4.79 Å². The molecule has 4 heteroatoms. The number of amides is 2. The van der Waals surface area contributed by atoms with Crippen molar-refractivity contribution in [3.05, 3.63) is 0 Å². The number of hydrogen-bond donors (Lipinski definition) is 2. The van der Waals surface area contributed by atoms with Gasteiger partial charge in [0.15, 0.2) is 0 Å². The fourth-order valence-corrected chi connectivity index (χ4v) is 2.25. The minimum atomic E-state index is 0.0531. The Morgan fingerprint density at radius 2 is 2.00 bits per heavy atom. The van der Waals surface area contributed by atoms with Crippen LogP contribution in [0.4, 0.5) is 4.79 Å². The average molecular weight is 213 g/mol. The van der Waals surface area contributed by atoms with Crippen LogP contribution in [0.1, 0.15) is 39.0 Å². The molecular formula is C11H23N3O. The molecule has 0 bridgehead atoms. The SMILES string of the molecule is CCCN(C(=O)NC)C1CCC(N)CC1. The zero-order valence-corrected chi connectivity index (χ0v) is 9.83. The number of nitrogens with two attached hydrogens (primary N) is 1. The monoisotopic (exact) mass is 213 g/mol. The summed E-state index contributed by atoms with van der Waals surface area (Å²) in [6, 6.07) is 0.788.